The van der Waals surface area contributed by atoms with Crippen molar-refractivity contribution in [3.8, 4) is 0 Å². The summed E-state index contributed by atoms with van der Waals surface area (Å²) in [5.74, 6) is -0.266. The van der Waals surface area contributed by atoms with Gasteiger partial charge in [0, 0.05) is 22.9 Å². The molecule has 0 unspecified atom stereocenters. The van der Waals surface area contributed by atoms with Gasteiger partial charge in [-0.05, 0) is 28.8 Å². The minimum Gasteiger partial charge on any atom is -0.294 e. The van der Waals surface area contributed by atoms with E-state index in [1.54, 1.807) is 12.3 Å². The monoisotopic (exact) mass is 298 g/mol. The standard InChI is InChI=1S/C19H10N2O2/c22-16-9-14-10-7-8-20-21-15(10)6-5-12(14)17-11-3-1-2-4-13(11)19(23)18(16)17/h1-8H,9H2. The maximum absolute atomic E-state index is 12.6. The van der Waals surface area contributed by atoms with Crippen molar-refractivity contribution in [2.75, 3.05) is 0 Å². The molecule has 2 aromatic carbocycles. The smallest absolute Gasteiger partial charge is 0.197 e. The number of ketones is 2. The molecule has 0 N–H and O–H groups in total. The zero-order valence-electron chi connectivity index (χ0n) is 12.0. The summed E-state index contributed by atoms with van der Waals surface area (Å²) in [6, 6.07) is 13.1. The fraction of sp³-hybridized carbons (Fsp3) is 0.0526. The average molecular weight is 298 g/mol. The molecule has 5 rings (SSSR count). The number of benzene rings is 2. The van der Waals surface area contributed by atoms with E-state index in [4.69, 9.17) is 0 Å². The Kier molecular flexibility index (Phi) is 2.26. The molecule has 4 heteroatoms. The maximum Gasteiger partial charge on any atom is 0.197 e. The van der Waals surface area contributed by atoms with Crippen LogP contribution >= 0.6 is 0 Å². The highest BCUT2D eigenvalue weighted by atomic mass is 16.1. The fourth-order valence-corrected chi connectivity index (χ4v) is 3.63. The first-order valence-electron chi connectivity index (χ1n) is 7.41. The molecule has 0 atom stereocenters. The molecule has 108 valence electrons. The molecule has 0 amide bonds. The summed E-state index contributed by atoms with van der Waals surface area (Å²) < 4.78 is 0. The number of nitrogens with zero attached hydrogens (tertiary/aromatic N) is 2. The van der Waals surface area contributed by atoms with Crippen LogP contribution in [0.2, 0.25) is 0 Å². The van der Waals surface area contributed by atoms with Crippen LogP contribution in [0.15, 0.2) is 54.2 Å². The average Bonchev–Trinajstić information content (AvgIpc) is 2.89. The number of aromatic nitrogens is 2. The Bertz CT molecular complexity index is 1080. The summed E-state index contributed by atoms with van der Waals surface area (Å²) in [5.41, 5.74) is 5.23. The summed E-state index contributed by atoms with van der Waals surface area (Å²) in [6.45, 7) is 0. The number of allylic oxidation sites excluding steroid dienone is 1. The van der Waals surface area contributed by atoms with Gasteiger partial charge in [-0.15, -0.1) is 0 Å². The van der Waals surface area contributed by atoms with E-state index >= 15 is 0 Å². The number of Topliss-reactive ketones (excluding diaryl/α,β-unsaturated/α-hetero) is 2. The maximum atomic E-state index is 12.6. The van der Waals surface area contributed by atoms with E-state index in [1.807, 2.05) is 36.4 Å². The molecule has 0 spiro atoms. The van der Waals surface area contributed by atoms with Crippen LogP contribution in [0.3, 0.4) is 0 Å². The Balaban J connectivity index is 1.91. The van der Waals surface area contributed by atoms with Gasteiger partial charge in [-0.25, -0.2) is 0 Å². The van der Waals surface area contributed by atoms with Crippen LogP contribution in [-0.2, 0) is 11.2 Å². The summed E-state index contributed by atoms with van der Waals surface area (Å²) >= 11 is 0. The molecule has 2 aliphatic carbocycles. The molecule has 2 aliphatic rings. The molecule has 0 radical (unpaired) electrons. The van der Waals surface area contributed by atoms with Gasteiger partial charge in [-0.3, -0.25) is 9.59 Å². The van der Waals surface area contributed by atoms with Gasteiger partial charge < -0.3 is 0 Å². The van der Waals surface area contributed by atoms with Gasteiger partial charge in [-0.1, -0.05) is 30.3 Å². The van der Waals surface area contributed by atoms with Gasteiger partial charge in [0.05, 0.1) is 17.3 Å². The van der Waals surface area contributed by atoms with Gasteiger partial charge >= 0.3 is 0 Å². The van der Waals surface area contributed by atoms with E-state index < -0.39 is 0 Å². The van der Waals surface area contributed by atoms with E-state index in [1.165, 1.54) is 0 Å². The van der Waals surface area contributed by atoms with Crippen molar-refractivity contribution in [1.29, 1.82) is 0 Å². The highest BCUT2D eigenvalue weighted by Gasteiger charge is 2.38. The van der Waals surface area contributed by atoms with Gasteiger partial charge in [0.1, 0.15) is 0 Å². The third-order valence-corrected chi connectivity index (χ3v) is 4.61. The fourth-order valence-electron chi connectivity index (χ4n) is 3.63. The number of rotatable bonds is 0. The normalized spacial score (nSPS) is 15.7. The third-order valence-electron chi connectivity index (χ3n) is 4.61. The number of fused-ring (bicyclic) bond motifs is 6. The number of carbonyl (C=O) groups is 2. The summed E-state index contributed by atoms with van der Waals surface area (Å²) in [7, 11) is 0. The van der Waals surface area contributed by atoms with Crippen LogP contribution in [0.4, 0.5) is 0 Å². The van der Waals surface area contributed by atoms with Crippen LogP contribution < -0.4 is 0 Å². The molecule has 3 aromatic rings. The number of hydrogen-bond acceptors (Lipinski definition) is 4. The van der Waals surface area contributed by atoms with Crippen molar-refractivity contribution < 1.29 is 9.59 Å². The van der Waals surface area contributed by atoms with Gasteiger partial charge in [0.2, 0.25) is 0 Å². The first kappa shape index (κ1) is 12.4. The van der Waals surface area contributed by atoms with Crippen molar-refractivity contribution in [3.05, 3.63) is 76.5 Å². The first-order chi connectivity index (χ1) is 11.3. The summed E-state index contributed by atoms with van der Waals surface area (Å²) in [4.78, 5) is 25.3. The highest BCUT2D eigenvalue weighted by molar-refractivity contribution is 6.38. The van der Waals surface area contributed by atoms with Crippen LogP contribution in [0, 0.1) is 0 Å². The lowest BCUT2D eigenvalue weighted by atomic mass is 9.83. The Morgan fingerprint density at radius 3 is 2.52 bits per heavy atom. The SMILES string of the molecule is O=C1Cc2c(ccc3nnccc23)C2=C1C(=O)c1ccccc12. The van der Waals surface area contributed by atoms with Crippen LogP contribution in [0.5, 0.6) is 0 Å². The molecule has 0 saturated heterocycles. The van der Waals surface area contributed by atoms with Gasteiger partial charge in [-0.2, -0.15) is 10.2 Å². The van der Waals surface area contributed by atoms with Gasteiger partial charge in [0.25, 0.3) is 0 Å². The first-order valence-corrected chi connectivity index (χ1v) is 7.41. The number of hydrogen-bond donors (Lipinski definition) is 0. The zero-order valence-corrected chi connectivity index (χ0v) is 12.0. The zero-order chi connectivity index (χ0) is 15.6. The Morgan fingerprint density at radius 2 is 1.65 bits per heavy atom. The molecule has 0 aliphatic heterocycles. The lowest BCUT2D eigenvalue weighted by Gasteiger charge is -2.19. The van der Waals surface area contributed by atoms with Crippen molar-refractivity contribution in [1.82, 2.24) is 10.2 Å². The minimum atomic E-state index is -0.154. The quantitative estimate of drug-likeness (QED) is 0.599. The molecule has 0 fully saturated rings. The second-order valence-electron chi connectivity index (χ2n) is 5.78. The minimum absolute atomic E-state index is 0.113. The van der Waals surface area contributed by atoms with Crippen molar-refractivity contribution in [3.63, 3.8) is 0 Å². The lowest BCUT2D eigenvalue weighted by molar-refractivity contribution is -0.114. The van der Waals surface area contributed by atoms with Gasteiger partial charge in [0.15, 0.2) is 11.6 Å². The number of carbonyl (C=O) groups excluding carboxylic acids is 2. The van der Waals surface area contributed by atoms with E-state index in [0.29, 0.717) is 11.1 Å². The molecule has 1 heterocycles. The van der Waals surface area contributed by atoms with Crippen LogP contribution in [0.1, 0.15) is 27.0 Å². The molecular weight excluding hydrogens is 288 g/mol. The van der Waals surface area contributed by atoms with E-state index in [9.17, 15) is 9.59 Å². The summed E-state index contributed by atoms with van der Waals surface area (Å²) in [5, 5.41) is 8.93. The second-order valence-corrected chi connectivity index (χ2v) is 5.78. The molecular formula is C19H10N2O2. The van der Waals surface area contributed by atoms with Crippen molar-refractivity contribution in [2.45, 2.75) is 6.42 Å². The molecule has 0 bridgehead atoms. The van der Waals surface area contributed by atoms with E-state index in [0.717, 1.165) is 33.2 Å². The molecule has 4 nitrogen and oxygen atoms in total. The lowest BCUT2D eigenvalue weighted by Crippen LogP contribution is -2.18. The van der Waals surface area contributed by atoms with Crippen molar-refractivity contribution >= 4 is 28.0 Å². The Morgan fingerprint density at radius 1 is 0.826 bits per heavy atom. The molecule has 23 heavy (non-hydrogen) atoms. The second kappa shape index (κ2) is 4.20. The molecule has 0 saturated carbocycles. The highest BCUT2D eigenvalue weighted by Crippen LogP contribution is 2.43. The Labute approximate surface area is 131 Å². The van der Waals surface area contributed by atoms with Crippen LogP contribution in [-0.4, -0.2) is 21.8 Å². The molecule has 1 aromatic heterocycles. The van der Waals surface area contributed by atoms with E-state index in [2.05, 4.69) is 10.2 Å². The topological polar surface area (TPSA) is 59.9 Å². The van der Waals surface area contributed by atoms with E-state index in [-0.39, 0.29) is 18.0 Å². The third kappa shape index (κ3) is 1.50. The predicted octanol–water partition coefficient (Wildman–Crippen LogP) is 2.75. The largest absolute Gasteiger partial charge is 0.294 e. The van der Waals surface area contributed by atoms with Crippen molar-refractivity contribution in [2.24, 2.45) is 0 Å². The Hall–Kier alpha value is -3.14. The summed E-state index contributed by atoms with van der Waals surface area (Å²) in [6.07, 6.45) is 1.86. The van der Waals surface area contributed by atoms with Crippen LogP contribution in [0.25, 0.3) is 16.5 Å². The predicted molar refractivity (Wildman–Crippen MR) is 85.0 cm³/mol.